The normalized spacial score (nSPS) is 16.6. The lowest BCUT2D eigenvalue weighted by Gasteiger charge is -2.37. The topological polar surface area (TPSA) is 70.7 Å². The van der Waals surface area contributed by atoms with Crippen LogP contribution in [0.15, 0.2) is 34.1 Å². The summed E-state index contributed by atoms with van der Waals surface area (Å²) in [6.45, 7) is 5.57. The highest BCUT2D eigenvalue weighted by molar-refractivity contribution is 14.0. The molecule has 0 amide bonds. The van der Waals surface area contributed by atoms with Crippen LogP contribution >= 0.6 is 24.0 Å². The third-order valence-electron chi connectivity index (χ3n) is 5.84. The second kappa shape index (κ2) is 11.0. The molecule has 3 heterocycles. The van der Waals surface area contributed by atoms with Crippen LogP contribution in [-0.2, 0) is 19.5 Å². The monoisotopic (exact) mass is 543 g/mol. The second-order valence-electron chi connectivity index (χ2n) is 7.81. The van der Waals surface area contributed by atoms with Crippen LogP contribution in [0.25, 0.3) is 0 Å². The van der Waals surface area contributed by atoms with Crippen LogP contribution in [0.4, 0.5) is 10.1 Å². The number of guanidine groups is 1. The minimum absolute atomic E-state index is 0. The summed E-state index contributed by atoms with van der Waals surface area (Å²) in [7, 11) is 1.79. The van der Waals surface area contributed by atoms with E-state index in [-0.39, 0.29) is 35.5 Å². The van der Waals surface area contributed by atoms with Gasteiger partial charge in [0.2, 0.25) is 0 Å². The number of aliphatic imine (C=N–C) groups is 1. The van der Waals surface area contributed by atoms with E-state index in [0.29, 0.717) is 6.54 Å². The Balaban J connectivity index is 0.00000272. The van der Waals surface area contributed by atoms with Crippen molar-refractivity contribution in [2.24, 2.45) is 4.99 Å². The molecule has 1 saturated heterocycles. The van der Waals surface area contributed by atoms with Gasteiger partial charge in [-0.3, -0.25) is 9.56 Å². The SMILES string of the molecule is CN=C(NCCCn1nc2n(c1=O)CCCC2)N1CCN(c2ccc(F)cc2)CC1.I. The molecule has 0 aliphatic carbocycles. The van der Waals surface area contributed by atoms with Crippen molar-refractivity contribution in [1.82, 2.24) is 24.6 Å². The van der Waals surface area contributed by atoms with Gasteiger partial charge in [0.05, 0.1) is 0 Å². The first-order valence-corrected chi connectivity index (χ1v) is 10.8. The average molecular weight is 543 g/mol. The molecular weight excluding hydrogens is 512 g/mol. The third-order valence-corrected chi connectivity index (χ3v) is 5.84. The molecular formula is C21H31FIN7O. The summed E-state index contributed by atoms with van der Waals surface area (Å²) >= 11 is 0. The van der Waals surface area contributed by atoms with Gasteiger partial charge in [-0.25, -0.2) is 13.9 Å². The Hall–Kier alpha value is -2.11. The molecule has 1 aromatic heterocycles. The molecule has 2 aliphatic heterocycles. The minimum atomic E-state index is -0.208. The van der Waals surface area contributed by atoms with Gasteiger partial charge in [-0.15, -0.1) is 24.0 Å². The van der Waals surface area contributed by atoms with Crippen LogP contribution in [0.3, 0.4) is 0 Å². The molecule has 0 spiro atoms. The number of fused-ring (bicyclic) bond motifs is 1. The largest absolute Gasteiger partial charge is 0.368 e. The zero-order chi connectivity index (χ0) is 20.9. The van der Waals surface area contributed by atoms with Gasteiger partial charge in [0.1, 0.15) is 11.6 Å². The second-order valence-corrected chi connectivity index (χ2v) is 7.81. The molecule has 0 atom stereocenters. The molecule has 0 bridgehead atoms. The zero-order valence-corrected chi connectivity index (χ0v) is 20.3. The summed E-state index contributed by atoms with van der Waals surface area (Å²) in [5.41, 5.74) is 1.07. The van der Waals surface area contributed by atoms with Crippen LogP contribution in [0, 0.1) is 5.82 Å². The van der Waals surface area contributed by atoms with Gasteiger partial charge in [0.25, 0.3) is 0 Å². The van der Waals surface area contributed by atoms with E-state index in [9.17, 15) is 9.18 Å². The van der Waals surface area contributed by atoms with Crippen molar-refractivity contribution in [3.8, 4) is 0 Å². The van der Waals surface area contributed by atoms with E-state index < -0.39 is 0 Å². The first kappa shape index (κ1) is 23.6. The summed E-state index contributed by atoms with van der Waals surface area (Å²) in [6.07, 6.45) is 3.88. The number of nitrogens with one attached hydrogen (secondary N) is 1. The van der Waals surface area contributed by atoms with Crippen molar-refractivity contribution in [3.63, 3.8) is 0 Å². The molecule has 10 heteroatoms. The Bertz CT molecular complexity index is 932. The Kier molecular flexibility index (Phi) is 8.33. The van der Waals surface area contributed by atoms with Crippen LogP contribution < -0.4 is 15.9 Å². The lowest BCUT2D eigenvalue weighted by molar-refractivity contribution is 0.371. The van der Waals surface area contributed by atoms with E-state index in [1.54, 1.807) is 11.7 Å². The molecule has 1 fully saturated rings. The maximum Gasteiger partial charge on any atom is 0.345 e. The van der Waals surface area contributed by atoms with Crippen LogP contribution in [0.2, 0.25) is 0 Å². The third kappa shape index (κ3) is 5.58. The minimum Gasteiger partial charge on any atom is -0.368 e. The molecule has 2 aliphatic rings. The fourth-order valence-corrected chi connectivity index (χ4v) is 4.18. The van der Waals surface area contributed by atoms with Crippen LogP contribution in [0.5, 0.6) is 0 Å². The summed E-state index contributed by atoms with van der Waals surface area (Å²) < 4.78 is 16.6. The first-order chi connectivity index (χ1) is 14.7. The molecule has 1 aromatic carbocycles. The Morgan fingerprint density at radius 1 is 1.13 bits per heavy atom. The quantitative estimate of drug-likeness (QED) is 0.270. The number of hydrogen-bond donors (Lipinski definition) is 1. The number of anilines is 1. The first-order valence-electron chi connectivity index (χ1n) is 10.8. The van der Waals surface area contributed by atoms with Gasteiger partial charge in [-0.05, 0) is 43.5 Å². The molecule has 4 rings (SSSR count). The standard InChI is InChI=1S/C21H30FN7O.HI/c1-23-20(27-15-13-26(14-16-27)18-8-6-17(22)7-9-18)24-10-4-12-29-21(30)28-11-3-2-5-19(28)25-29;/h6-9H,2-5,10-16H2,1H3,(H,23,24);1H. The van der Waals surface area contributed by atoms with E-state index in [0.717, 1.165) is 82.4 Å². The molecule has 31 heavy (non-hydrogen) atoms. The van der Waals surface area contributed by atoms with Gasteiger partial charge in [-0.2, -0.15) is 5.10 Å². The fourth-order valence-electron chi connectivity index (χ4n) is 4.18. The molecule has 0 unspecified atom stereocenters. The Morgan fingerprint density at radius 2 is 1.87 bits per heavy atom. The van der Waals surface area contributed by atoms with Gasteiger partial charge < -0.3 is 15.1 Å². The summed E-state index contributed by atoms with van der Waals surface area (Å²) in [5, 5.41) is 7.90. The molecule has 8 nitrogen and oxygen atoms in total. The molecule has 2 aromatic rings. The smallest absolute Gasteiger partial charge is 0.345 e. The highest BCUT2D eigenvalue weighted by atomic mass is 127. The number of benzene rings is 1. The maximum atomic E-state index is 13.1. The van der Waals surface area contributed by atoms with E-state index >= 15 is 0 Å². The van der Waals surface area contributed by atoms with Crippen molar-refractivity contribution < 1.29 is 4.39 Å². The van der Waals surface area contributed by atoms with Crippen molar-refractivity contribution >= 4 is 35.6 Å². The summed E-state index contributed by atoms with van der Waals surface area (Å²) in [4.78, 5) is 21.3. The fraction of sp³-hybridized carbons (Fsp3) is 0.571. The number of nitrogens with zero attached hydrogens (tertiary/aromatic N) is 6. The summed E-state index contributed by atoms with van der Waals surface area (Å²) in [6, 6.07) is 6.66. The van der Waals surface area contributed by atoms with Crippen molar-refractivity contribution in [2.75, 3.05) is 44.7 Å². The summed E-state index contributed by atoms with van der Waals surface area (Å²) in [5.74, 6) is 1.60. The molecule has 0 saturated carbocycles. The zero-order valence-electron chi connectivity index (χ0n) is 18.0. The number of rotatable bonds is 5. The lowest BCUT2D eigenvalue weighted by Crippen LogP contribution is -2.52. The van der Waals surface area contributed by atoms with E-state index in [4.69, 9.17) is 0 Å². The Labute approximate surface area is 199 Å². The molecule has 170 valence electrons. The predicted octanol–water partition coefficient (Wildman–Crippen LogP) is 1.93. The van der Waals surface area contributed by atoms with Gasteiger partial charge in [-0.1, -0.05) is 0 Å². The van der Waals surface area contributed by atoms with Gasteiger partial charge in [0.15, 0.2) is 5.96 Å². The average Bonchev–Trinajstić information content (AvgIpc) is 3.10. The van der Waals surface area contributed by atoms with E-state index in [1.165, 1.54) is 12.1 Å². The maximum absolute atomic E-state index is 13.1. The van der Waals surface area contributed by atoms with Gasteiger partial charge in [0, 0.05) is 65.0 Å². The van der Waals surface area contributed by atoms with Crippen molar-refractivity contribution in [3.05, 3.63) is 46.4 Å². The number of aryl methyl sites for hydroxylation is 2. The molecule has 1 N–H and O–H groups in total. The number of halogens is 2. The van der Waals surface area contributed by atoms with Crippen molar-refractivity contribution in [1.29, 1.82) is 0 Å². The molecule has 0 radical (unpaired) electrons. The number of piperazine rings is 1. The van der Waals surface area contributed by atoms with Gasteiger partial charge >= 0.3 is 5.69 Å². The van der Waals surface area contributed by atoms with Crippen LogP contribution in [-0.4, -0.2) is 65.0 Å². The lowest BCUT2D eigenvalue weighted by atomic mass is 10.2. The van der Waals surface area contributed by atoms with E-state index in [2.05, 4.69) is 25.2 Å². The van der Waals surface area contributed by atoms with Crippen molar-refractivity contribution in [2.45, 2.75) is 38.8 Å². The highest BCUT2D eigenvalue weighted by Gasteiger charge is 2.20. The number of aromatic nitrogens is 3. The predicted molar refractivity (Wildman–Crippen MR) is 131 cm³/mol. The number of hydrogen-bond acceptors (Lipinski definition) is 4. The Morgan fingerprint density at radius 3 is 2.55 bits per heavy atom. The van der Waals surface area contributed by atoms with E-state index in [1.807, 2.05) is 16.7 Å². The highest BCUT2D eigenvalue weighted by Crippen LogP contribution is 2.17. The van der Waals surface area contributed by atoms with Crippen LogP contribution in [0.1, 0.15) is 25.1 Å².